The number of halogens is 1. The molecule has 1 amide bonds. The number of nitrogens with zero attached hydrogens (tertiary/aromatic N) is 1. The third-order valence-corrected chi connectivity index (χ3v) is 4.22. The van der Waals surface area contributed by atoms with E-state index in [1.54, 1.807) is 23.1 Å². The molecular weight excluding hydrogens is 361 g/mol. The Hall–Kier alpha value is -3.41. The van der Waals surface area contributed by atoms with E-state index in [-0.39, 0.29) is 23.0 Å². The first-order valence-corrected chi connectivity index (χ1v) is 8.92. The highest BCUT2D eigenvalue weighted by molar-refractivity contribution is 5.89. The zero-order valence-corrected chi connectivity index (χ0v) is 15.4. The molecule has 0 atom stereocenters. The van der Waals surface area contributed by atoms with Crippen molar-refractivity contribution in [3.8, 4) is 11.3 Å². The molecule has 0 aliphatic carbocycles. The average molecular weight is 381 g/mol. The largest absolute Gasteiger partial charge is 0.450 e. The van der Waals surface area contributed by atoms with Gasteiger partial charge in [0, 0.05) is 13.1 Å². The van der Waals surface area contributed by atoms with Gasteiger partial charge >= 0.3 is 5.97 Å². The first kappa shape index (κ1) is 19.4. The van der Waals surface area contributed by atoms with Gasteiger partial charge in [-0.3, -0.25) is 4.79 Å². The van der Waals surface area contributed by atoms with Crippen molar-refractivity contribution in [3.05, 3.63) is 83.9 Å². The molecule has 5 nitrogen and oxygen atoms in total. The average Bonchev–Trinajstić information content (AvgIpc) is 3.21. The van der Waals surface area contributed by atoms with Crippen molar-refractivity contribution in [2.75, 3.05) is 13.2 Å². The van der Waals surface area contributed by atoms with Gasteiger partial charge in [0.2, 0.25) is 5.76 Å². The van der Waals surface area contributed by atoms with E-state index < -0.39 is 18.4 Å². The normalized spacial score (nSPS) is 10.5. The molecular formula is C22H20FNO4. The summed E-state index contributed by atoms with van der Waals surface area (Å²) in [6.07, 6.45) is 0. The maximum absolute atomic E-state index is 13.8. The number of carbonyl (C=O) groups excluding carboxylic acids is 2. The summed E-state index contributed by atoms with van der Waals surface area (Å²) in [6, 6.07) is 18.5. The number of amides is 1. The maximum atomic E-state index is 13.8. The second-order valence-electron chi connectivity index (χ2n) is 6.11. The molecule has 0 N–H and O–H groups in total. The molecule has 3 aromatic rings. The minimum Gasteiger partial charge on any atom is -0.450 e. The van der Waals surface area contributed by atoms with Crippen LogP contribution in [0.5, 0.6) is 0 Å². The zero-order chi connectivity index (χ0) is 19.9. The third kappa shape index (κ3) is 4.65. The van der Waals surface area contributed by atoms with Crippen LogP contribution in [0, 0.1) is 5.82 Å². The molecule has 2 aromatic carbocycles. The Morgan fingerprint density at radius 2 is 1.71 bits per heavy atom. The molecule has 0 saturated heterocycles. The second-order valence-corrected chi connectivity index (χ2v) is 6.11. The molecule has 0 bridgehead atoms. The van der Waals surface area contributed by atoms with E-state index in [2.05, 4.69) is 0 Å². The number of ether oxygens (including phenoxy) is 1. The minimum absolute atomic E-state index is 0.0860. The predicted molar refractivity (Wildman–Crippen MR) is 102 cm³/mol. The van der Waals surface area contributed by atoms with Crippen molar-refractivity contribution in [1.29, 1.82) is 0 Å². The summed E-state index contributed by atoms with van der Waals surface area (Å²) in [5.41, 5.74) is 1.24. The Balaban J connectivity index is 1.59. The predicted octanol–water partition coefficient (Wildman–Crippen LogP) is 4.29. The van der Waals surface area contributed by atoms with Gasteiger partial charge < -0.3 is 14.1 Å². The van der Waals surface area contributed by atoms with Gasteiger partial charge in [0.1, 0.15) is 11.6 Å². The van der Waals surface area contributed by atoms with Gasteiger partial charge in [-0.05, 0) is 36.8 Å². The SMILES string of the molecule is CCN(Cc1ccccc1)C(=O)COC(=O)c1ccc(-c2ccccc2F)o1. The molecule has 0 unspecified atom stereocenters. The van der Waals surface area contributed by atoms with Crippen molar-refractivity contribution in [1.82, 2.24) is 4.90 Å². The monoisotopic (exact) mass is 381 g/mol. The van der Waals surface area contributed by atoms with Crippen molar-refractivity contribution >= 4 is 11.9 Å². The molecule has 1 aromatic heterocycles. The van der Waals surface area contributed by atoms with Gasteiger partial charge in [-0.2, -0.15) is 0 Å². The van der Waals surface area contributed by atoms with E-state index in [9.17, 15) is 14.0 Å². The maximum Gasteiger partial charge on any atom is 0.374 e. The van der Waals surface area contributed by atoms with Crippen LogP contribution in [0.25, 0.3) is 11.3 Å². The van der Waals surface area contributed by atoms with E-state index in [1.807, 2.05) is 37.3 Å². The van der Waals surface area contributed by atoms with Crippen LogP contribution in [0.15, 0.2) is 71.1 Å². The minimum atomic E-state index is -0.772. The van der Waals surface area contributed by atoms with E-state index in [4.69, 9.17) is 9.15 Å². The number of hydrogen-bond acceptors (Lipinski definition) is 4. The molecule has 28 heavy (non-hydrogen) atoms. The fourth-order valence-electron chi connectivity index (χ4n) is 2.72. The number of likely N-dealkylation sites (N-methyl/N-ethyl adjacent to an activating group) is 1. The fraction of sp³-hybridized carbons (Fsp3) is 0.182. The Kier molecular flexibility index (Phi) is 6.22. The topological polar surface area (TPSA) is 59.8 Å². The van der Waals surface area contributed by atoms with Gasteiger partial charge in [0.15, 0.2) is 6.61 Å². The summed E-state index contributed by atoms with van der Waals surface area (Å²) >= 11 is 0. The summed E-state index contributed by atoms with van der Waals surface area (Å²) in [6.45, 7) is 2.39. The Morgan fingerprint density at radius 3 is 2.43 bits per heavy atom. The van der Waals surface area contributed by atoms with Crippen molar-refractivity contribution < 1.29 is 23.1 Å². The van der Waals surface area contributed by atoms with Crippen LogP contribution in [-0.2, 0) is 16.1 Å². The number of furan rings is 1. The zero-order valence-electron chi connectivity index (χ0n) is 15.4. The highest BCUT2D eigenvalue weighted by Crippen LogP contribution is 2.25. The molecule has 0 aliphatic rings. The number of carbonyl (C=O) groups is 2. The number of benzene rings is 2. The molecule has 0 spiro atoms. The summed E-state index contributed by atoms with van der Waals surface area (Å²) in [5.74, 6) is -1.40. The van der Waals surface area contributed by atoms with Crippen molar-refractivity contribution in [3.63, 3.8) is 0 Å². The highest BCUT2D eigenvalue weighted by Gasteiger charge is 2.19. The first-order valence-electron chi connectivity index (χ1n) is 8.92. The molecule has 1 heterocycles. The summed E-state index contributed by atoms with van der Waals surface area (Å²) in [5, 5.41) is 0. The Morgan fingerprint density at radius 1 is 1.00 bits per heavy atom. The van der Waals surface area contributed by atoms with Crippen LogP contribution in [0.1, 0.15) is 23.0 Å². The number of rotatable bonds is 7. The van der Waals surface area contributed by atoms with Crippen molar-refractivity contribution in [2.24, 2.45) is 0 Å². The van der Waals surface area contributed by atoms with Gasteiger partial charge in [-0.25, -0.2) is 9.18 Å². The first-order chi connectivity index (χ1) is 13.6. The van der Waals surface area contributed by atoms with E-state index >= 15 is 0 Å². The van der Waals surface area contributed by atoms with Crippen LogP contribution >= 0.6 is 0 Å². The lowest BCUT2D eigenvalue weighted by Gasteiger charge is -2.20. The smallest absolute Gasteiger partial charge is 0.374 e. The molecule has 0 fully saturated rings. The molecule has 0 aliphatic heterocycles. The lowest BCUT2D eigenvalue weighted by Crippen LogP contribution is -2.34. The second kappa shape index (κ2) is 8.99. The molecule has 0 saturated carbocycles. The lowest BCUT2D eigenvalue weighted by molar-refractivity contribution is -0.135. The summed E-state index contributed by atoms with van der Waals surface area (Å²) in [4.78, 5) is 26.1. The standard InChI is InChI=1S/C22H20FNO4/c1-2-24(14-16-8-4-3-5-9-16)21(25)15-27-22(26)20-13-12-19(28-20)17-10-6-7-11-18(17)23/h3-13H,2,14-15H2,1H3. The molecule has 6 heteroatoms. The highest BCUT2D eigenvalue weighted by atomic mass is 19.1. The van der Waals surface area contributed by atoms with Crippen molar-refractivity contribution in [2.45, 2.75) is 13.5 Å². The van der Waals surface area contributed by atoms with Gasteiger partial charge in [0.25, 0.3) is 5.91 Å². The van der Waals surface area contributed by atoms with E-state index in [0.717, 1.165) is 5.56 Å². The van der Waals surface area contributed by atoms with Gasteiger partial charge in [-0.15, -0.1) is 0 Å². The third-order valence-electron chi connectivity index (χ3n) is 4.22. The molecule has 0 radical (unpaired) electrons. The van der Waals surface area contributed by atoms with Crippen LogP contribution in [0.2, 0.25) is 0 Å². The lowest BCUT2D eigenvalue weighted by atomic mass is 10.1. The number of esters is 1. The summed E-state index contributed by atoms with van der Waals surface area (Å²) < 4.78 is 24.3. The van der Waals surface area contributed by atoms with Crippen LogP contribution in [0.4, 0.5) is 4.39 Å². The van der Waals surface area contributed by atoms with Crippen LogP contribution in [0.3, 0.4) is 0 Å². The van der Waals surface area contributed by atoms with E-state index in [0.29, 0.717) is 13.1 Å². The Bertz CT molecular complexity index is 952. The van der Waals surface area contributed by atoms with Gasteiger partial charge in [0.05, 0.1) is 5.56 Å². The molecule has 3 rings (SSSR count). The summed E-state index contributed by atoms with van der Waals surface area (Å²) in [7, 11) is 0. The van der Waals surface area contributed by atoms with E-state index in [1.165, 1.54) is 18.2 Å². The number of hydrogen-bond donors (Lipinski definition) is 0. The molecule has 144 valence electrons. The van der Waals surface area contributed by atoms with Crippen LogP contribution in [-0.4, -0.2) is 29.9 Å². The fourth-order valence-corrected chi connectivity index (χ4v) is 2.72. The quantitative estimate of drug-likeness (QED) is 0.573. The Labute approximate surface area is 162 Å². The van der Waals surface area contributed by atoms with Crippen LogP contribution < -0.4 is 0 Å². The van der Waals surface area contributed by atoms with Gasteiger partial charge in [-0.1, -0.05) is 42.5 Å².